The van der Waals surface area contributed by atoms with Gasteiger partial charge < -0.3 is 15.2 Å². The van der Waals surface area contributed by atoms with E-state index in [1.54, 1.807) is 11.8 Å². The highest BCUT2D eigenvalue weighted by molar-refractivity contribution is 7.98. The molecular weight excluding hydrogens is 290 g/mol. The number of carboxylic acid groups (broad SMARTS) is 1. The number of rotatable bonds is 6. The molecule has 1 fully saturated rings. The van der Waals surface area contributed by atoms with Gasteiger partial charge in [-0.25, -0.2) is 0 Å². The molecule has 1 saturated heterocycles. The third-order valence-corrected chi connectivity index (χ3v) is 4.18. The molecule has 1 aliphatic heterocycles. The maximum absolute atomic E-state index is 12.1. The molecular formula is C15H19NO4S. The van der Waals surface area contributed by atoms with E-state index in [2.05, 4.69) is 5.32 Å². The summed E-state index contributed by atoms with van der Waals surface area (Å²) < 4.78 is 5.33. The molecule has 2 N–H and O–H groups in total. The van der Waals surface area contributed by atoms with Crippen molar-refractivity contribution >= 4 is 23.6 Å². The van der Waals surface area contributed by atoms with Crippen LogP contribution in [0, 0.1) is 0 Å². The normalized spacial score (nSPS) is 19.2. The van der Waals surface area contributed by atoms with Gasteiger partial charge in [0.1, 0.15) is 6.10 Å². The third-order valence-electron chi connectivity index (χ3n) is 3.44. The fourth-order valence-corrected chi connectivity index (χ4v) is 2.72. The SMILES string of the molecule is CSc1ccc(C(CC(=O)O)NC(=O)[C@@H]2CCCO2)cc1. The van der Waals surface area contributed by atoms with Gasteiger partial charge in [-0.1, -0.05) is 12.1 Å². The van der Waals surface area contributed by atoms with Crippen molar-refractivity contribution in [2.45, 2.75) is 36.3 Å². The zero-order chi connectivity index (χ0) is 15.2. The first-order chi connectivity index (χ1) is 10.1. The summed E-state index contributed by atoms with van der Waals surface area (Å²) >= 11 is 1.61. The Kier molecular flexibility index (Phi) is 5.64. The lowest BCUT2D eigenvalue weighted by Gasteiger charge is -2.20. The van der Waals surface area contributed by atoms with Crippen LogP contribution in [0.4, 0.5) is 0 Å². The summed E-state index contributed by atoms with van der Waals surface area (Å²) in [5, 5.41) is 11.8. The fraction of sp³-hybridized carbons (Fsp3) is 0.467. The lowest BCUT2D eigenvalue weighted by molar-refractivity contribution is -0.138. The Morgan fingerprint density at radius 2 is 2.14 bits per heavy atom. The van der Waals surface area contributed by atoms with E-state index in [0.717, 1.165) is 16.9 Å². The van der Waals surface area contributed by atoms with Gasteiger partial charge in [0.2, 0.25) is 5.91 Å². The molecule has 5 nitrogen and oxygen atoms in total. The topological polar surface area (TPSA) is 75.6 Å². The Hall–Kier alpha value is -1.53. The highest BCUT2D eigenvalue weighted by Gasteiger charge is 2.27. The summed E-state index contributed by atoms with van der Waals surface area (Å²) in [6, 6.07) is 7.03. The lowest BCUT2D eigenvalue weighted by Crippen LogP contribution is -2.37. The van der Waals surface area contributed by atoms with Gasteiger partial charge in [-0.15, -0.1) is 11.8 Å². The quantitative estimate of drug-likeness (QED) is 0.788. The van der Waals surface area contributed by atoms with Crippen molar-refractivity contribution in [2.75, 3.05) is 12.9 Å². The Labute approximate surface area is 128 Å². The van der Waals surface area contributed by atoms with Crippen molar-refractivity contribution < 1.29 is 19.4 Å². The van der Waals surface area contributed by atoms with E-state index in [4.69, 9.17) is 9.84 Å². The number of amides is 1. The molecule has 114 valence electrons. The molecule has 0 bridgehead atoms. The number of hydrogen-bond acceptors (Lipinski definition) is 4. The van der Waals surface area contributed by atoms with Crippen LogP contribution in [-0.2, 0) is 14.3 Å². The molecule has 1 aromatic rings. The number of benzene rings is 1. The summed E-state index contributed by atoms with van der Waals surface area (Å²) in [4.78, 5) is 24.2. The summed E-state index contributed by atoms with van der Waals surface area (Å²) in [5.74, 6) is -1.17. The molecule has 21 heavy (non-hydrogen) atoms. The monoisotopic (exact) mass is 309 g/mol. The predicted octanol–water partition coefficient (Wildman–Crippen LogP) is 2.22. The summed E-state index contributed by atoms with van der Waals surface area (Å²) in [6.07, 6.45) is 2.94. The van der Waals surface area contributed by atoms with Crippen LogP contribution in [0.3, 0.4) is 0 Å². The van der Waals surface area contributed by atoms with Gasteiger partial charge in [-0.05, 0) is 36.8 Å². The second-order valence-corrected chi connectivity index (χ2v) is 5.81. The second kappa shape index (κ2) is 7.47. The molecule has 2 rings (SSSR count). The zero-order valence-corrected chi connectivity index (χ0v) is 12.7. The average Bonchev–Trinajstić information content (AvgIpc) is 3.00. The predicted molar refractivity (Wildman–Crippen MR) is 80.3 cm³/mol. The first-order valence-electron chi connectivity index (χ1n) is 6.88. The number of hydrogen-bond donors (Lipinski definition) is 2. The first-order valence-corrected chi connectivity index (χ1v) is 8.10. The molecule has 0 aromatic heterocycles. The number of carbonyl (C=O) groups is 2. The fourth-order valence-electron chi connectivity index (χ4n) is 2.31. The molecule has 6 heteroatoms. The van der Waals surface area contributed by atoms with Crippen molar-refractivity contribution in [3.8, 4) is 0 Å². The summed E-state index contributed by atoms with van der Waals surface area (Å²) in [7, 11) is 0. The van der Waals surface area contributed by atoms with Crippen molar-refractivity contribution in [3.63, 3.8) is 0 Å². The second-order valence-electron chi connectivity index (χ2n) is 4.93. The van der Waals surface area contributed by atoms with E-state index in [-0.39, 0.29) is 12.3 Å². The van der Waals surface area contributed by atoms with Crippen LogP contribution >= 0.6 is 11.8 Å². The van der Waals surface area contributed by atoms with Crippen LogP contribution in [0.1, 0.15) is 30.9 Å². The maximum atomic E-state index is 12.1. The minimum absolute atomic E-state index is 0.142. The van der Waals surface area contributed by atoms with Gasteiger partial charge in [-0.2, -0.15) is 0 Å². The Morgan fingerprint density at radius 1 is 1.43 bits per heavy atom. The van der Waals surface area contributed by atoms with Crippen LogP contribution in [0.5, 0.6) is 0 Å². The summed E-state index contributed by atoms with van der Waals surface area (Å²) in [5.41, 5.74) is 0.793. The number of aliphatic carboxylic acids is 1. The van der Waals surface area contributed by atoms with Crippen molar-refractivity contribution in [1.29, 1.82) is 0 Å². The maximum Gasteiger partial charge on any atom is 0.305 e. The van der Waals surface area contributed by atoms with E-state index in [1.807, 2.05) is 30.5 Å². The van der Waals surface area contributed by atoms with Gasteiger partial charge in [-0.3, -0.25) is 9.59 Å². The van der Waals surface area contributed by atoms with Gasteiger partial charge in [0.15, 0.2) is 0 Å². The summed E-state index contributed by atoms with van der Waals surface area (Å²) in [6.45, 7) is 0.587. The number of thioether (sulfide) groups is 1. The smallest absolute Gasteiger partial charge is 0.305 e. The molecule has 1 amide bonds. The van der Waals surface area contributed by atoms with Gasteiger partial charge >= 0.3 is 5.97 Å². The first kappa shape index (κ1) is 15.9. The number of carboxylic acids is 1. The van der Waals surface area contributed by atoms with Crippen LogP contribution in [-0.4, -0.2) is 35.9 Å². The van der Waals surface area contributed by atoms with E-state index >= 15 is 0 Å². The molecule has 1 aromatic carbocycles. The molecule has 0 spiro atoms. The van der Waals surface area contributed by atoms with Crippen molar-refractivity contribution in [1.82, 2.24) is 5.32 Å². The Morgan fingerprint density at radius 3 is 2.67 bits per heavy atom. The third kappa shape index (κ3) is 4.47. The molecule has 0 aliphatic carbocycles. The van der Waals surface area contributed by atoms with Crippen molar-refractivity contribution in [2.24, 2.45) is 0 Å². The largest absolute Gasteiger partial charge is 0.481 e. The molecule has 1 aliphatic rings. The molecule has 1 unspecified atom stereocenters. The number of ether oxygens (including phenoxy) is 1. The van der Waals surface area contributed by atoms with E-state index in [1.165, 1.54) is 0 Å². The average molecular weight is 309 g/mol. The van der Waals surface area contributed by atoms with E-state index in [0.29, 0.717) is 13.0 Å². The lowest BCUT2D eigenvalue weighted by atomic mass is 10.0. The van der Waals surface area contributed by atoms with E-state index in [9.17, 15) is 9.59 Å². The molecule has 0 radical (unpaired) electrons. The minimum atomic E-state index is -0.943. The Balaban J connectivity index is 2.08. The van der Waals surface area contributed by atoms with Gasteiger partial charge in [0, 0.05) is 11.5 Å². The van der Waals surface area contributed by atoms with Crippen LogP contribution in [0.25, 0.3) is 0 Å². The number of carbonyl (C=O) groups excluding carboxylic acids is 1. The molecule has 0 saturated carbocycles. The van der Waals surface area contributed by atoms with Gasteiger partial charge in [0.25, 0.3) is 0 Å². The van der Waals surface area contributed by atoms with Crippen LogP contribution in [0.2, 0.25) is 0 Å². The van der Waals surface area contributed by atoms with Crippen molar-refractivity contribution in [3.05, 3.63) is 29.8 Å². The zero-order valence-electron chi connectivity index (χ0n) is 11.9. The number of nitrogens with one attached hydrogen (secondary N) is 1. The molecule has 2 atom stereocenters. The Bertz CT molecular complexity index is 497. The highest BCUT2D eigenvalue weighted by Crippen LogP contribution is 2.22. The highest BCUT2D eigenvalue weighted by atomic mass is 32.2. The van der Waals surface area contributed by atoms with Crippen LogP contribution < -0.4 is 5.32 Å². The standard InChI is InChI=1S/C15H19NO4S/c1-21-11-6-4-10(5-7-11)12(9-14(17)18)16-15(19)13-3-2-8-20-13/h4-7,12-13H,2-3,8-9H2,1H3,(H,16,19)(H,17,18)/t12?,13-/m0/s1. The van der Waals surface area contributed by atoms with Gasteiger partial charge in [0.05, 0.1) is 12.5 Å². The minimum Gasteiger partial charge on any atom is -0.481 e. The molecule has 1 heterocycles. The van der Waals surface area contributed by atoms with E-state index < -0.39 is 18.1 Å². The van der Waals surface area contributed by atoms with Crippen LogP contribution in [0.15, 0.2) is 29.2 Å².